The molecular weight excluding hydrogens is 318 g/mol. The van der Waals surface area contributed by atoms with Gasteiger partial charge in [0.15, 0.2) is 0 Å². The van der Waals surface area contributed by atoms with Crippen LogP contribution in [0.25, 0.3) is 6.08 Å². The van der Waals surface area contributed by atoms with Gasteiger partial charge in [-0.1, -0.05) is 6.92 Å². The van der Waals surface area contributed by atoms with Crippen molar-refractivity contribution in [1.82, 2.24) is 14.1 Å². The number of carbonyl (C=O) groups is 1. The largest absolute Gasteiger partial charge is 0.456 e. The summed E-state index contributed by atoms with van der Waals surface area (Å²) >= 11 is 1.52. The molecule has 0 atom stereocenters. The van der Waals surface area contributed by atoms with Crippen LogP contribution >= 0.6 is 11.3 Å². The summed E-state index contributed by atoms with van der Waals surface area (Å²) in [5.74, 6) is -0.577. The van der Waals surface area contributed by atoms with E-state index in [0.717, 1.165) is 22.1 Å². The number of carbonyl (C=O) groups excluding carboxylic acids is 1. The quantitative estimate of drug-likeness (QED) is 0.598. The molecule has 8 heteroatoms. The summed E-state index contributed by atoms with van der Waals surface area (Å²) in [5.41, 5.74) is 0.0364. The lowest BCUT2D eigenvalue weighted by Gasteiger charge is -2.03. The van der Waals surface area contributed by atoms with Crippen molar-refractivity contribution >= 4 is 23.4 Å². The Morgan fingerprint density at radius 2 is 2.13 bits per heavy atom. The lowest BCUT2D eigenvalue weighted by Crippen LogP contribution is -2.37. The second-order valence-corrected chi connectivity index (χ2v) is 5.81. The minimum absolute atomic E-state index is 0.0883. The third-order valence-electron chi connectivity index (χ3n) is 3.14. The van der Waals surface area contributed by atoms with Crippen molar-refractivity contribution in [2.45, 2.75) is 20.0 Å². The molecule has 0 aliphatic heterocycles. The second kappa shape index (κ2) is 7.19. The molecule has 7 nitrogen and oxygen atoms in total. The van der Waals surface area contributed by atoms with Gasteiger partial charge in [-0.2, -0.15) is 0 Å². The highest BCUT2D eigenvalue weighted by Crippen LogP contribution is 2.11. The molecule has 2 aromatic rings. The van der Waals surface area contributed by atoms with E-state index in [4.69, 9.17) is 4.74 Å². The van der Waals surface area contributed by atoms with Crippen LogP contribution in [0.2, 0.25) is 0 Å². The molecule has 0 radical (unpaired) electrons. The topological polar surface area (TPSA) is 83.2 Å². The van der Waals surface area contributed by atoms with E-state index in [-0.39, 0.29) is 12.2 Å². The molecule has 122 valence electrons. The van der Waals surface area contributed by atoms with E-state index >= 15 is 0 Å². The third-order valence-corrected chi connectivity index (χ3v) is 4.18. The Bertz CT molecular complexity index is 860. The van der Waals surface area contributed by atoms with E-state index < -0.39 is 17.2 Å². The van der Waals surface area contributed by atoms with Gasteiger partial charge >= 0.3 is 11.7 Å². The minimum atomic E-state index is -0.577. The summed E-state index contributed by atoms with van der Waals surface area (Å²) in [6.07, 6.45) is 4.72. The van der Waals surface area contributed by atoms with Crippen molar-refractivity contribution in [3.63, 3.8) is 0 Å². The number of aryl methyl sites for hydroxylation is 2. The molecule has 0 amide bonds. The fourth-order valence-electron chi connectivity index (χ4n) is 1.88. The first-order valence-corrected chi connectivity index (χ1v) is 7.85. The highest BCUT2D eigenvalue weighted by molar-refractivity contribution is 7.09. The zero-order valence-corrected chi connectivity index (χ0v) is 13.9. The summed E-state index contributed by atoms with van der Waals surface area (Å²) < 4.78 is 7.32. The maximum Gasteiger partial charge on any atom is 0.331 e. The summed E-state index contributed by atoms with van der Waals surface area (Å²) in [6, 6.07) is 0. The van der Waals surface area contributed by atoms with Gasteiger partial charge in [-0.3, -0.25) is 9.36 Å². The van der Waals surface area contributed by atoms with Crippen LogP contribution in [-0.2, 0) is 36.7 Å². The number of nitrogens with zero attached hydrogens (tertiary/aromatic N) is 3. The lowest BCUT2D eigenvalue weighted by molar-refractivity contribution is -0.139. The average Bonchev–Trinajstić information content (AvgIpc) is 3.01. The zero-order chi connectivity index (χ0) is 17.0. The first-order chi connectivity index (χ1) is 10.9. The molecule has 0 aromatic carbocycles. The van der Waals surface area contributed by atoms with Crippen molar-refractivity contribution in [3.8, 4) is 0 Å². The van der Waals surface area contributed by atoms with Gasteiger partial charge in [-0.05, 0) is 12.5 Å². The highest BCUT2D eigenvalue weighted by Gasteiger charge is 2.06. The molecule has 0 aliphatic rings. The number of rotatable bonds is 5. The van der Waals surface area contributed by atoms with Crippen LogP contribution in [0.4, 0.5) is 0 Å². The summed E-state index contributed by atoms with van der Waals surface area (Å²) in [4.78, 5) is 39.5. The van der Waals surface area contributed by atoms with Gasteiger partial charge in [-0.15, -0.1) is 11.3 Å². The Kier molecular flexibility index (Phi) is 5.28. The van der Waals surface area contributed by atoms with Crippen molar-refractivity contribution in [3.05, 3.63) is 54.8 Å². The molecule has 23 heavy (non-hydrogen) atoms. The maximum absolute atomic E-state index is 11.9. The predicted molar refractivity (Wildman–Crippen MR) is 87.2 cm³/mol. The molecule has 0 unspecified atom stereocenters. The number of aromatic nitrogens is 3. The van der Waals surface area contributed by atoms with E-state index in [2.05, 4.69) is 4.98 Å². The molecule has 0 fully saturated rings. The third kappa shape index (κ3) is 4.04. The van der Waals surface area contributed by atoms with E-state index in [1.54, 1.807) is 0 Å². The Balaban J connectivity index is 2.04. The molecule has 0 bridgehead atoms. The number of thiazole rings is 1. The minimum Gasteiger partial charge on any atom is -0.456 e. The average molecular weight is 335 g/mol. The number of hydrogen-bond donors (Lipinski definition) is 0. The SMILES string of the molecule is CCc1nc(COC(=O)C=Cc2cn(C)c(=O)n(C)c2=O)cs1. The Morgan fingerprint density at radius 1 is 1.39 bits per heavy atom. The van der Waals surface area contributed by atoms with Crippen LogP contribution in [0, 0.1) is 0 Å². The molecule has 0 saturated carbocycles. The Morgan fingerprint density at radius 3 is 2.78 bits per heavy atom. The van der Waals surface area contributed by atoms with Gasteiger partial charge in [-0.25, -0.2) is 14.6 Å². The highest BCUT2D eigenvalue weighted by atomic mass is 32.1. The molecule has 0 N–H and O–H groups in total. The van der Waals surface area contributed by atoms with E-state index in [0.29, 0.717) is 5.69 Å². The molecule has 0 saturated heterocycles. The second-order valence-electron chi connectivity index (χ2n) is 4.87. The maximum atomic E-state index is 11.9. The Labute approximate surface area is 136 Å². The van der Waals surface area contributed by atoms with Gasteiger partial charge < -0.3 is 9.30 Å². The van der Waals surface area contributed by atoms with Crippen LogP contribution < -0.4 is 11.2 Å². The fraction of sp³-hybridized carbons (Fsp3) is 0.333. The van der Waals surface area contributed by atoms with E-state index in [9.17, 15) is 14.4 Å². The van der Waals surface area contributed by atoms with E-state index in [1.165, 1.54) is 42.3 Å². The molecule has 2 heterocycles. The summed E-state index contributed by atoms with van der Waals surface area (Å²) in [6.45, 7) is 2.09. The van der Waals surface area contributed by atoms with Crippen molar-refractivity contribution in [1.29, 1.82) is 0 Å². The van der Waals surface area contributed by atoms with Crippen molar-refractivity contribution in [2.75, 3.05) is 0 Å². The van der Waals surface area contributed by atoms with Crippen LogP contribution in [-0.4, -0.2) is 20.1 Å². The lowest BCUT2D eigenvalue weighted by atomic mass is 10.3. The monoisotopic (exact) mass is 335 g/mol. The van der Waals surface area contributed by atoms with Gasteiger partial charge in [0.05, 0.1) is 16.3 Å². The fourth-order valence-corrected chi connectivity index (χ4v) is 2.61. The van der Waals surface area contributed by atoms with Gasteiger partial charge in [0.25, 0.3) is 5.56 Å². The number of esters is 1. The smallest absolute Gasteiger partial charge is 0.331 e. The predicted octanol–water partition coefficient (Wildman–Crippen LogP) is 0.859. The van der Waals surface area contributed by atoms with Crippen LogP contribution in [0.3, 0.4) is 0 Å². The van der Waals surface area contributed by atoms with Crippen molar-refractivity contribution < 1.29 is 9.53 Å². The van der Waals surface area contributed by atoms with Crippen LogP contribution in [0.1, 0.15) is 23.2 Å². The van der Waals surface area contributed by atoms with Gasteiger partial charge in [0, 0.05) is 31.7 Å². The molecular formula is C15H17N3O4S. The molecule has 0 aliphatic carbocycles. The standard InChI is InChI=1S/C15H17N3O4S/c1-4-12-16-11(9-23-12)8-22-13(19)6-5-10-7-17(2)15(21)18(3)14(10)20/h5-7,9H,4,8H2,1-3H3. The molecule has 2 rings (SSSR count). The molecule has 0 spiro atoms. The number of hydrogen-bond acceptors (Lipinski definition) is 6. The van der Waals surface area contributed by atoms with Gasteiger partial charge in [0.1, 0.15) is 6.61 Å². The van der Waals surface area contributed by atoms with Crippen LogP contribution in [0.5, 0.6) is 0 Å². The normalized spacial score (nSPS) is 11.1. The Hall–Kier alpha value is -2.48. The summed E-state index contributed by atoms with van der Waals surface area (Å²) in [5, 5.41) is 2.83. The summed E-state index contributed by atoms with van der Waals surface area (Å²) in [7, 11) is 2.92. The number of ether oxygens (including phenoxy) is 1. The van der Waals surface area contributed by atoms with Crippen molar-refractivity contribution in [2.24, 2.45) is 14.1 Å². The first-order valence-electron chi connectivity index (χ1n) is 6.97. The van der Waals surface area contributed by atoms with E-state index in [1.807, 2.05) is 12.3 Å². The zero-order valence-electron chi connectivity index (χ0n) is 13.1. The van der Waals surface area contributed by atoms with Crippen LogP contribution in [0.15, 0.2) is 27.2 Å². The first kappa shape index (κ1) is 16.9. The van der Waals surface area contributed by atoms with Gasteiger partial charge in [0.2, 0.25) is 0 Å². The molecule has 2 aromatic heterocycles.